The maximum Gasteiger partial charge on any atom is 0.237 e. The van der Waals surface area contributed by atoms with Gasteiger partial charge in [-0.25, -0.2) is 8.42 Å². The van der Waals surface area contributed by atoms with E-state index in [1.807, 2.05) is 13.0 Å². The summed E-state index contributed by atoms with van der Waals surface area (Å²) in [6.45, 7) is 2.86. The number of nitrogens with one attached hydrogen (secondary N) is 1. The summed E-state index contributed by atoms with van der Waals surface area (Å²) in [6.07, 6.45) is 0. The molecule has 0 saturated carbocycles. The molecule has 2 N–H and O–H groups in total. The largest absolute Gasteiger partial charge is 0.495 e. The van der Waals surface area contributed by atoms with Crippen LogP contribution in [0.3, 0.4) is 0 Å². The van der Waals surface area contributed by atoms with E-state index in [1.165, 1.54) is 14.0 Å². The van der Waals surface area contributed by atoms with Gasteiger partial charge in [0.15, 0.2) is 0 Å². The lowest BCUT2D eigenvalue weighted by Crippen LogP contribution is -2.28. The van der Waals surface area contributed by atoms with Gasteiger partial charge in [-0.3, -0.25) is 4.72 Å². The van der Waals surface area contributed by atoms with Gasteiger partial charge in [0.05, 0.1) is 19.4 Å². The Kier molecular flexibility index (Phi) is 4.36. The van der Waals surface area contributed by atoms with E-state index in [1.54, 1.807) is 12.1 Å². The topological polar surface area (TPSA) is 75.6 Å². The Bertz CT molecular complexity index is 484. The standard InChI is InChI=1S/C11H17NO4S/c1-8-4-5-11(16-3)10(6-8)12-17(14,15)9(2)7-13/h4-6,9,12-13H,7H2,1-3H3. The summed E-state index contributed by atoms with van der Waals surface area (Å²) in [5, 5.41) is 8.01. The van der Waals surface area contributed by atoms with Crippen molar-refractivity contribution >= 4 is 15.7 Å². The molecule has 6 heteroatoms. The molecule has 0 aliphatic carbocycles. The van der Waals surface area contributed by atoms with E-state index in [-0.39, 0.29) is 0 Å². The number of benzene rings is 1. The van der Waals surface area contributed by atoms with Crippen molar-refractivity contribution in [3.05, 3.63) is 23.8 Å². The number of rotatable bonds is 5. The van der Waals surface area contributed by atoms with Gasteiger partial charge in [0.25, 0.3) is 0 Å². The first-order valence-electron chi connectivity index (χ1n) is 5.18. The highest BCUT2D eigenvalue weighted by atomic mass is 32.2. The first-order chi connectivity index (χ1) is 7.90. The van der Waals surface area contributed by atoms with Crippen molar-refractivity contribution in [3.63, 3.8) is 0 Å². The van der Waals surface area contributed by atoms with Gasteiger partial charge >= 0.3 is 0 Å². The van der Waals surface area contributed by atoms with E-state index >= 15 is 0 Å². The van der Waals surface area contributed by atoms with E-state index in [4.69, 9.17) is 9.84 Å². The van der Waals surface area contributed by atoms with E-state index in [2.05, 4.69) is 4.72 Å². The summed E-state index contributed by atoms with van der Waals surface area (Å²) in [5.41, 5.74) is 1.30. The second-order valence-corrected chi connectivity index (χ2v) is 5.94. The van der Waals surface area contributed by atoms with Gasteiger partial charge in [-0.1, -0.05) is 6.07 Å². The predicted octanol–water partition coefficient (Wildman–Crippen LogP) is 1.13. The van der Waals surface area contributed by atoms with Crippen LogP contribution in [0.4, 0.5) is 5.69 Å². The van der Waals surface area contributed by atoms with E-state index < -0.39 is 21.9 Å². The molecule has 0 heterocycles. The molecule has 1 aromatic rings. The SMILES string of the molecule is COc1ccc(C)cc1NS(=O)(=O)C(C)CO. The third kappa shape index (κ3) is 3.34. The zero-order valence-electron chi connectivity index (χ0n) is 10.1. The summed E-state index contributed by atoms with van der Waals surface area (Å²) in [6, 6.07) is 5.20. The van der Waals surface area contributed by atoms with Gasteiger partial charge in [0, 0.05) is 0 Å². The third-order valence-corrected chi connectivity index (χ3v) is 4.11. The lowest BCUT2D eigenvalue weighted by molar-refractivity contribution is 0.296. The van der Waals surface area contributed by atoms with Crippen molar-refractivity contribution in [2.75, 3.05) is 18.4 Å². The fraction of sp³-hybridized carbons (Fsp3) is 0.455. The Balaban J connectivity index is 3.06. The molecule has 0 aliphatic rings. The number of aryl methyl sites for hydroxylation is 1. The average molecular weight is 259 g/mol. The van der Waals surface area contributed by atoms with Gasteiger partial charge in [-0.05, 0) is 31.5 Å². The molecule has 96 valence electrons. The number of ether oxygens (including phenoxy) is 1. The Morgan fingerprint density at radius 2 is 2.12 bits per heavy atom. The fourth-order valence-corrected chi connectivity index (χ4v) is 2.12. The average Bonchev–Trinajstić information content (AvgIpc) is 2.27. The molecular formula is C11H17NO4S. The summed E-state index contributed by atoms with van der Waals surface area (Å²) in [7, 11) is -2.12. The second-order valence-electron chi connectivity index (χ2n) is 3.84. The van der Waals surface area contributed by atoms with E-state index in [0.717, 1.165) is 5.56 Å². The first kappa shape index (κ1) is 13.8. The normalized spacial score (nSPS) is 13.2. The van der Waals surface area contributed by atoms with E-state index in [9.17, 15) is 8.42 Å². The quantitative estimate of drug-likeness (QED) is 0.831. The predicted molar refractivity (Wildman–Crippen MR) is 66.8 cm³/mol. The summed E-state index contributed by atoms with van der Waals surface area (Å²) in [5.74, 6) is 0.448. The molecule has 0 bridgehead atoms. The number of sulfonamides is 1. The zero-order valence-corrected chi connectivity index (χ0v) is 10.9. The highest BCUT2D eigenvalue weighted by Gasteiger charge is 2.21. The number of anilines is 1. The molecule has 0 aromatic heterocycles. The first-order valence-corrected chi connectivity index (χ1v) is 6.72. The molecule has 1 aromatic carbocycles. The Morgan fingerprint density at radius 3 is 2.65 bits per heavy atom. The summed E-state index contributed by atoms with van der Waals surface area (Å²) < 4.78 is 31.1. The van der Waals surface area contributed by atoms with Crippen molar-refractivity contribution in [2.24, 2.45) is 0 Å². The van der Waals surface area contributed by atoms with Crippen LogP contribution >= 0.6 is 0 Å². The number of aliphatic hydroxyl groups is 1. The number of methoxy groups -OCH3 is 1. The van der Waals surface area contributed by atoms with Crippen LogP contribution in [0.25, 0.3) is 0 Å². The zero-order chi connectivity index (χ0) is 13.1. The van der Waals surface area contributed by atoms with Crippen molar-refractivity contribution < 1.29 is 18.3 Å². The second kappa shape index (κ2) is 5.37. The summed E-state index contributed by atoms with van der Waals surface area (Å²) in [4.78, 5) is 0. The Hall–Kier alpha value is -1.27. The molecule has 1 rings (SSSR count). The minimum absolute atomic E-state index is 0.382. The molecule has 0 aliphatic heterocycles. The molecule has 5 nitrogen and oxygen atoms in total. The lowest BCUT2D eigenvalue weighted by Gasteiger charge is -2.15. The number of hydrogen-bond donors (Lipinski definition) is 2. The van der Waals surface area contributed by atoms with Crippen LogP contribution in [0.1, 0.15) is 12.5 Å². The molecule has 0 amide bonds. The van der Waals surface area contributed by atoms with Crippen LogP contribution in [0.2, 0.25) is 0 Å². The fourth-order valence-electron chi connectivity index (χ4n) is 1.25. The third-order valence-electron chi connectivity index (χ3n) is 2.39. The molecule has 0 saturated heterocycles. The molecule has 0 fully saturated rings. The monoisotopic (exact) mass is 259 g/mol. The van der Waals surface area contributed by atoms with Gasteiger partial charge in [0.2, 0.25) is 10.0 Å². The van der Waals surface area contributed by atoms with Crippen molar-refractivity contribution in [1.82, 2.24) is 0 Å². The van der Waals surface area contributed by atoms with Crippen LogP contribution in [0.5, 0.6) is 5.75 Å². The maximum atomic E-state index is 11.8. The van der Waals surface area contributed by atoms with Gasteiger partial charge < -0.3 is 9.84 Å². The molecule has 17 heavy (non-hydrogen) atoms. The van der Waals surface area contributed by atoms with Gasteiger partial charge in [-0.2, -0.15) is 0 Å². The Labute approximate surface area is 101 Å². The molecule has 1 unspecified atom stereocenters. The van der Waals surface area contributed by atoms with Crippen LogP contribution in [-0.2, 0) is 10.0 Å². The highest BCUT2D eigenvalue weighted by Crippen LogP contribution is 2.26. The van der Waals surface area contributed by atoms with Gasteiger partial charge in [-0.15, -0.1) is 0 Å². The summed E-state index contributed by atoms with van der Waals surface area (Å²) >= 11 is 0. The lowest BCUT2D eigenvalue weighted by atomic mass is 10.2. The molecular weight excluding hydrogens is 242 g/mol. The number of aliphatic hydroxyl groups excluding tert-OH is 1. The minimum Gasteiger partial charge on any atom is -0.495 e. The van der Waals surface area contributed by atoms with Crippen molar-refractivity contribution in [2.45, 2.75) is 19.1 Å². The van der Waals surface area contributed by atoms with Crippen LogP contribution in [-0.4, -0.2) is 32.5 Å². The van der Waals surface area contributed by atoms with Gasteiger partial charge in [0.1, 0.15) is 11.0 Å². The Morgan fingerprint density at radius 1 is 1.47 bits per heavy atom. The maximum absolute atomic E-state index is 11.8. The molecule has 0 spiro atoms. The molecule has 0 radical (unpaired) electrons. The highest BCUT2D eigenvalue weighted by molar-refractivity contribution is 7.93. The smallest absolute Gasteiger partial charge is 0.237 e. The van der Waals surface area contributed by atoms with Crippen LogP contribution < -0.4 is 9.46 Å². The number of hydrogen-bond acceptors (Lipinski definition) is 4. The van der Waals surface area contributed by atoms with Crippen molar-refractivity contribution in [3.8, 4) is 5.75 Å². The van der Waals surface area contributed by atoms with E-state index in [0.29, 0.717) is 11.4 Å². The van der Waals surface area contributed by atoms with Crippen LogP contribution in [0.15, 0.2) is 18.2 Å². The van der Waals surface area contributed by atoms with Crippen molar-refractivity contribution in [1.29, 1.82) is 0 Å². The minimum atomic E-state index is -3.59. The molecule has 1 atom stereocenters. The van der Waals surface area contributed by atoms with Crippen LogP contribution in [0, 0.1) is 6.92 Å².